The molecule has 108 valence electrons. The third-order valence-electron chi connectivity index (χ3n) is 3.94. The van der Waals surface area contributed by atoms with E-state index >= 15 is 0 Å². The topological polar surface area (TPSA) is 52.7 Å². The van der Waals surface area contributed by atoms with Crippen LogP contribution in [0.2, 0.25) is 0 Å². The molecule has 0 radical (unpaired) electrons. The summed E-state index contributed by atoms with van der Waals surface area (Å²) in [6.45, 7) is 3.74. The molecule has 0 aromatic rings. The van der Waals surface area contributed by atoms with Crippen molar-refractivity contribution in [2.45, 2.75) is 19.3 Å². The van der Waals surface area contributed by atoms with Gasteiger partial charge in [-0.3, -0.25) is 9.59 Å². The van der Waals surface area contributed by atoms with E-state index in [4.69, 9.17) is 0 Å². The maximum Gasteiger partial charge on any atom is 0.282 e. The standard InChI is InChI=1S/C13H23N3O2S/c1-14-5-2-11-3-6-15(7-4-11)12(17)10-16-8-9-19-13(16)18/h11,14H,2-10H2,1H3. The first-order chi connectivity index (χ1) is 9.20. The molecule has 2 amide bonds. The van der Waals surface area contributed by atoms with Crippen molar-refractivity contribution in [3.8, 4) is 0 Å². The SMILES string of the molecule is CNCCC1CCN(C(=O)CN2CCSC2=O)CC1. The second kappa shape index (κ2) is 7.14. The van der Waals surface area contributed by atoms with E-state index in [2.05, 4.69) is 5.32 Å². The van der Waals surface area contributed by atoms with Crippen LogP contribution in [0.1, 0.15) is 19.3 Å². The Balaban J connectivity index is 1.71. The van der Waals surface area contributed by atoms with Crippen molar-refractivity contribution < 1.29 is 9.59 Å². The highest BCUT2D eigenvalue weighted by Crippen LogP contribution is 2.21. The summed E-state index contributed by atoms with van der Waals surface area (Å²) in [6, 6.07) is 0. The molecule has 19 heavy (non-hydrogen) atoms. The van der Waals surface area contributed by atoms with Crippen LogP contribution in [0.5, 0.6) is 0 Å². The molecule has 0 atom stereocenters. The van der Waals surface area contributed by atoms with Crippen LogP contribution in [-0.2, 0) is 4.79 Å². The van der Waals surface area contributed by atoms with E-state index in [9.17, 15) is 9.59 Å². The summed E-state index contributed by atoms with van der Waals surface area (Å²) >= 11 is 1.31. The van der Waals surface area contributed by atoms with Gasteiger partial charge in [0.05, 0.1) is 0 Å². The molecule has 0 unspecified atom stereocenters. The molecule has 2 saturated heterocycles. The summed E-state index contributed by atoms with van der Waals surface area (Å²) in [5, 5.41) is 3.23. The Hall–Kier alpha value is -0.750. The molecular weight excluding hydrogens is 262 g/mol. The van der Waals surface area contributed by atoms with Crippen LogP contribution < -0.4 is 5.32 Å². The fourth-order valence-electron chi connectivity index (χ4n) is 2.65. The van der Waals surface area contributed by atoms with E-state index in [-0.39, 0.29) is 17.7 Å². The average molecular weight is 285 g/mol. The largest absolute Gasteiger partial charge is 0.341 e. The van der Waals surface area contributed by atoms with Gasteiger partial charge in [-0.25, -0.2) is 0 Å². The number of carbonyl (C=O) groups is 2. The van der Waals surface area contributed by atoms with Crippen molar-refractivity contribution in [1.29, 1.82) is 0 Å². The van der Waals surface area contributed by atoms with Gasteiger partial charge >= 0.3 is 0 Å². The summed E-state index contributed by atoms with van der Waals surface area (Å²) < 4.78 is 0. The maximum absolute atomic E-state index is 12.1. The van der Waals surface area contributed by atoms with Gasteiger partial charge < -0.3 is 15.1 Å². The van der Waals surface area contributed by atoms with Crippen LogP contribution in [0, 0.1) is 5.92 Å². The summed E-state index contributed by atoms with van der Waals surface area (Å²) in [6.07, 6.45) is 3.38. The van der Waals surface area contributed by atoms with Crippen molar-refractivity contribution >= 4 is 22.9 Å². The Morgan fingerprint density at radius 1 is 1.37 bits per heavy atom. The molecule has 0 aromatic carbocycles. The van der Waals surface area contributed by atoms with Gasteiger partial charge in [-0.15, -0.1) is 0 Å². The molecule has 0 saturated carbocycles. The Morgan fingerprint density at radius 2 is 2.11 bits per heavy atom. The maximum atomic E-state index is 12.1. The molecule has 0 aliphatic carbocycles. The summed E-state index contributed by atoms with van der Waals surface area (Å²) in [7, 11) is 1.98. The predicted octanol–water partition coefficient (Wildman–Crippen LogP) is 1.00. The van der Waals surface area contributed by atoms with Crippen molar-refractivity contribution in [1.82, 2.24) is 15.1 Å². The number of piperidine rings is 1. The van der Waals surface area contributed by atoms with E-state index in [1.165, 1.54) is 18.2 Å². The van der Waals surface area contributed by atoms with Crippen molar-refractivity contribution in [3.63, 3.8) is 0 Å². The van der Waals surface area contributed by atoms with E-state index in [1.807, 2.05) is 11.9 Å². The van der Waals surface area contributed by atoms with Crippen molar-refractivity contribution in [3.05, 3.63) is 0 Å². The fourth-order valence-corrected chi connectivity index (χ4v) is 3.48. The zero-order valence-corrected chi connectivity index (χ0v) is 12.4. The van der Waals surface area contributed by atoms with Crippen molar-refractivity contribution in [2.24, 2.45) is 5.92 Å². The molecule has 0 aromatic heterocycles. The van der Waals surface area contributed by atoms with Crippen LogP contribution in [-0.4, -0.2) is 66.5 Å². The molecule has 2 aliphatic rings. The summed E-state index contributed by atoms with van der Waals surface area (Å²) in [4.78, 5) is 27.2. The molecular formula is C13H23N3O2S. The lowest BCUT2D eigenvalue weighted by Gasteiger charge is -2.33. The van der Waals surface area contributed by atoms with Crippen LogP contribution in [0.15, 0.2) is 0 Å². The van der Waals surface area contributed by atoms with Crippen LogP contribution >= 0.6 is 11.8 Å². The second-order valence-corrected chi connectivity index (χ2v) is 6.30. The van der Waals surface area contributed by atoms with E-state index in [0.29, 0.717) is 6.54 Å². The van der Waals surface area contributed by atoms with Gasteiger partial charge in [-0.1, -0.05) is 11.8 Å². The van der Waals surface area contributed by atoms with Crippen molar-refractivity contribution in [2.75, 3.05) is 45.5 Å². The first kappa shape index (κ1) is 14.7. The lowest BCUT2D eigenvalue weighted by atomic mass is 9.93. The fraction of sp³-hybridized carbons (Fsp3) is 0.846. The summed E-state index contributed by atoms with van der Waals surface area (Å²) in [5.74, 6) is 1.67. The Morgan fingerprint density at radius 3 is 2.68 bits per heavy atom. The third-order valence-corrected chi connectivity index (χ3v) is 4.83. The molecule has 2 aliphatic heterocycles. The van der Waals surface area contributed by atoms with Gasteiger partial charge in [0.1, 0.15) is 6.54 Å². The highest BCUT2D eigenvalue weighted by atomic mass is 32.2. The van der Waals surface area contributed by atoms with E-state index < -0.39 is 0 Å². The minimum atomic E-state index is 0.0530. The second-order valence-electron chi connectivity index (χ2n) is 5.25. The molecule has 2 rings (SSSR count). The van der Waals surface area contributed by atoms with Crippen LogP contribution in [0.3, 0.4) is 0 Å². The first-order valence-electron chi connectivity index (χ1n) is 7.05. The number of rotatable bonds is 5. The van der Waals surface area contributed by atoms with E-state index in [1.54, 1.807) is 4.90 Å². The van der Waals surface area contributed by atoms with Crippen LogP contribution in [0.4, 0.5) is 4.79 Å². The normalized spacial score (nSPS) is 21.2. The number of nitrogens with zero attached hydrogens (tertiary/aromatic N) is 2. The number of amides is 2. The van der Waals surface area contributed by atoms with Crippen LogP contribution in [0.25, 0.3) is 0 Å². The lowest BCUT2D eigenvalue weighted by molar-refractivity contribution is -0.133. The number of hydrogen-bond donors (Lipinski definition) is 1. The number of hydrogen-bond acceptors (Lipinski definition) is 4. The average Bonchev–Trinajstić information content (AvgIpc) is 2.82. The highest BCUT2D eigenvalue weighted by molar-refractivity contribution is 8.13. The zero-order valence-electron chi connectivity index (χ0n) is 11.6. The first-order valence-corrected chi connectivity index (χ1v) is 8.03. The number of nitrogens with one attached hydrogen (secondary N) is 1. The molecule has 5 nitrogen and oxygen atoms in total. The van der Waals surface area contributed by atoms with Gasteiger partial charge in [0.25, 0.3) is 5.24 Å². The zero-order chi connectivity index (χ0) is 13.7. The molecule has 2 heterocycles. The number of likely N-dealkylation sites (tertiary alicyclic amines) is 1. The molecule has 0 spiro atoms. The lowest BCUT2D eigenvalue weighted by Crippen LogP contribution is -2.44. The molecule has 0 bridgehead atoms. The Kier molecular flexibility index (Phi) is 5.51. The Bertz CT molecular complexity index is 330. The quantitative estimate of drug-likeness (QED) is 0.819. The van der Waals surface area contributed by atoms with Gasteiger partial charge in [0.2, 0.25) is 5.91 Å². The minimum Gasteiger partial charge on any atom is -0.341 e. The van der Waals surface area contributed by atoms with Gasteiger partial charge in [0.15, 0.2) is 0 Å². The minimum absolute atomic E-state index is 0.0530. The monoisotopic (exact) mass is 285 g/mol. The molecule has 1 N–H and O–H groups in total. The van der Waals surface area contributed by atoms with Gasteiger partial charge in [-0.2, -0.15) is 0 Å². The smallest absolute Gasteiger partial charge is 0.282 e. The Labute approximate surface area is 119 Å². The van der Waals surface area contributed by atoms with E-state index in [0.717, 1.165) is 44.1 Å². The number of thioether (sulfide) groups is 1. The predicted molar refractivity (Wildman–Crippen MR) is 77.3 cm³/mol. The molecule has 6 heteroatoms. The molecule has 2 fully saturated rings. The third kappa shape index (κ3) is 4.11. The van der Waals surface area contributed by atoms with Gasteiger partial charge in [0, 0.05) is 25.4 Å². The highest BCUT2D eigenvalue weighted by Gasteiger charge is 2.27. The summed E-state index contributed by atoms with van der Waals surface area (Å²) in [5.41, 5.74) is 0. The van der Waals surface area contributed by atoms with Gasteiger partial charge in [-0.05, 0) is 38.8 Å². The number of carbonyl (C=O) groups excluding carboxylic acids is 2.